The summed E-state index contributed by atoms with van der Waals surface area (Å²) >= 11 is 0. The maximum atomic E-state index is 13.1. The molecule has 2 heterocycles. The van der Waals surface area contributed by atoms with E-state index >= 15 is 0 Å². The highest BCUT2D eigenvalue weighted by molar-refractivity contribution is 7.89. The Morgan fingerprint density at radius 2 is 1.93 bits per heavy atom. The van der Waals surface area contributed by atoms with Gasteiger partial charge in [0.2, 0.25) is 15.9 Å². The molecule has 1 saturated heterocycles. The molecule has 2 aromatic carbocycles. The van der Waals surface area contributed by atoms with Gasteiger partial charge in [0, 0.05) is 31.2 Å². The molecule has 0 bridgehead atoms. The van der Waals surface area contributed by atoms with E-state index < -0.39 is 21.8 Å². The van der Waals surface area contributed by atoms with Gasteiger partial charge in [-0.2, -0.15) is 9.40 Å². The van der Waals surface area contributed by atoms with Crippen LogP contribution >= 0.6 is 0 Å². The smallest absolute Gasteiger partial charge is 0.243 e. The molecule has 7 nitrogen and oxygen atoms in total. The van der Waals surface area contributed by atoms with E-state index in [1.165, 1.54) is 16.4 Å². The first-order chi connectivity index (χ1) is 13.9. The first kappa shape index (κ1) is 19.3. The standard InChI is InChI=1S/C20H19FN4O3S/c21-16-5-7-19(8-6-16)29(27,28)24-12-9-15(14-24)20(26)23-17-3-1-4-18(13-17)25-11-2-10-22-25/h1-8,10-11,13,15H,9,12,14H2,(H,23,26)/t15-/m1/s1. The first-order valence-electron chi connectivity index (χ1n) is 9.10. The van der Waals surface area contributed by atoms with Gasteiger partial charge in [0.25, 0.3) is 0 Å². The predicted molar refractivity (Wildman–Crippen MR) is 105 cm³/mol. The van der Waals surface area contributed by atoms with Crippen LogP contribution in [0.4, 0.5) is 10.1 Å². The normalized spacial score (nSPS) is 17.3. The second-order valence-electron chi connectivity index (χ2n) is 6.79. The summed E-state index contributed by atoms with van der Waals surface area (Å²) < 4.78 is 41.5. The molecule has 1 amide bonds. The minimum atomic E-state index is -3.76. The zero-order valence-corrected chi connectivity index (χ0v) is 16.2. The van der Waals surface area contributed by atoms with E-state index in [2.05, 4.69) is 10.4 Å². The van der Waals surface area contributed by atoms with Gasteiger partial charge in [0.15, 0.2) is 0 Å². The molecule has 1 aromatic heterocycles. The van der Waals surface area contributed by atoms with E-state index in [0.29, 0.717) is 12.1 Å². The number of amides is 1. The van der Waals surface area contributed by atoms with Crippen LogP contribution in [0.1, 0.15) is 6.42 Å². The lowest BCUT2D eigenvalue weighted by Gasteiger charge is -2.16. The van der Waals surface area contributed by atoms with Crippen molar-refractivity contribution in [1.29, 1.82) is 0 Å². The predicted octanol–water partition coefficient (Wildman–Crippen LogP) is 2.66. The van der Waals surface area contributed by atoms with E-state index in [1.54, 1.807) is 35.3 Å². The number of nitrogens with zero attached hydrogens (tertiary/aromatic N) is 3. The molecule has 0 saturated carbocycles. The molecule has 1 N–H and O–H groups in total. The van der Waals surface area contributed by atoms with Gasteiger partial charge < -0.3 is 5.32 Å². The Morgan fingerprint density at radius 1 is 1.14 bits per heavy atom. The van der Waals surface area contributed by atoms with E-state index in [0.717, 1.165) is 17.8 Å². The summed E-state index contributed by atoms with van der Waals surface area (Å²) in [6.45, 7) is 0.329. The highest BCUT2D eigenvalue weighted by atomic mass is 32.2. The number of hydrogen-bond donors (Lipinski definition) is 1. The van der Waals surface area contributed by atoms with E-state index in [1.807, 2.05) is 12.1 Å². The topological polar surface area (TPSA) is 84.3 Å². The van der Waals surface area contributed by atoms with Crippen molar-refractivity contribution < 1.29 is 17.6 Å². The van der Waals surface area contributed by atoms with E-state index in [9.17, 15) is 17.6 Å². The number of nitrogens with one attached hydrogen (secondary N) is 1. The third-order valence-corrected chi connectivity index (χ3v) is 6.74. The Kier molecular flexibility index (Phi) is 5.16. The monoisotopic (exact) mass is 414 g/mol. The molecule has 0 unspecified atom stereocenters. The summed E-state index contributed by atoms with van der Waals surface area (Å²) in [7, 11) is -3.76. The van der Waals surface area contributed by atoms with Crippen LogP contribution in [-0.4, -0.2) is 41.5 Å². The van der Waals surface area contributed by atoms with Crippen molar-refractivity contribution in [2.45, 2.75) is 11.3 Å². The van der Waals surface area contributed by atoms with Gasteiger partial charge in [-0.15, -0.1) is 0 Å². The highest BCUT2D eigenvalue weighted by Crippen LogP contribution is 2.26. The van der Waals surface area contributed by atoms with Gasteiger partial charge in [-0.3, -0.25) is 4.79 Å². The molecule has 0 radical (unpaired) electrons. The third-order valence-electron chi connectivity index (χ3n) is 4.86. The fourth-order valence-corrected chi connectivity index (χ4v) is 4.81. The van der Waals surface area contributed by atoms with Crippen molar-refractivity contribution in [3.05, 3.63) is 72.8 Å². The van der Waals surface area contributed by atoms with Gasteiger partial charge in [0.05, 0.1) is 16.5 Å². The van der Waals surface area contributed by atoms with Crippen LogP contribution in [0, 0.1) is 11.7 Å². The fourth-order valence-electron chi connectivity index (χ4n) is 3.31. The molecule has 150 valence electrons. The molecule has 4 rings (SSSR count). The third kappa shape index (κ3) is 4.06. The van der Waals surface area contributed by atoms with Crippen LogP contribution in [-0.2, 0) is 14.8 Å². The van der Waals surface area contributed by atoms with Crippen LogP contribution in [0.15, 0.2) is 71.9 Å². The quantitative estimate of drug-likeness (QED) is 0.696. The Bertz CT molecular complexity index is 1110. The number of rotatable bonds is 5. The lowest BCUT2D eigenvalue weighted by atomic mass is 10.1. The minimum Gasteiger partial charge on any atom is -0.326 e. The van der Waals surface area contributed by atoms with Gasteiger partial charge in [-0.25, -0.2) is 17.5 Å². The number of aromatic nitrogens is 2. The van der Waals surface area contributed by atoms with Crippen molar-refractivity contribution in [2.24, 2.45) is 5.92 Å². The van der Waals surface area contributed by atoms with Gasteiger partial charge >= 0.3 is 0 Å². The minimum absolute atomic E-state index is 0.0203. The lowest BCUT2D eigenvalue weighted by molar-refractivity contribution is -0.119. The Hall–Kier alpha value is -3.04. The van der Waals surface area contributed by atoms with Crippen molar-refractivity contribution in [1.82, 2.24) is 14.1 Å². The molecule has 0 aliphatic carbocycles. The number of anilines is 1. The average Bonchev–Trinajstić information content (AvgIpc) is 3.41. The number of hydrogen-bond acceptors (Lipinski definition) is 4. The Balaban J connectivity index is 1.43. The zero-order chi connectivity index (χ0) is 20.4. The zero-order valence-electron chi connectivity index (χ0n) is 15.4. The van der Waals surface area contributed by atoms with Crippen LogP contribution in [0.5, 0.6) is 0 Å². The fraction of sp³-hybridized carbons (Fsp3) is 0.200. The van der Waals surface area contributed by atoms with Gasteiger partial charge in [0.1, 0.15) is 5.82 Å². The van der Waals surface area contributed by atoms with Crippen LogP contribution < -0.4 is 5.32 Å². The second-order valence-corrected chi connectivity index (χ2v) is 8.73. The summed E-state index contributed by atoms with van der Waals surface area (Å²) in [6, 6.07) is 13.7. The lowest BCUT2D eigenvalue weighted by Crippen LogP contribution is -2.31. The van der Waals surface area contributed by atoms with Gasteiger partial charge in [-0.05, 0) is 55.0 Å². The molecule has 1 aliphatic heterocycles. The molecule has 9 heteroatoms. The molecule has 29 heavy (non-hydrogen) atoms. The summed E-state index contributed by atoms with van der Waals surface area (Å²) in [5, 5.41) is 7.02. The number of sulfonamides is 1. The van der Waals surface area contributed by atoms with Crippen molar-refractivity contribution >= 4 is 21.6 Å². The molecule has 0 spiro atoms. The van der Waals surface area contributed by atoms with Crippen molar-refractivity contribution in [3.63, 3.8) is 0 Å². The number of carbonyl (C=O) groups excluding carboxylic acids is 1. The summed E-state index contributed by atoms with van der Waals surface area (Å²) in [4.78, 5) is 12.7. The highest BCUT2D eigenvalue weighted by Gasteiger charge is 2.35. The molecular weight excluding hydrogens is 395 g/mol. The summed E-state index contributed by atoms with van der Waals surface area (Å²) in [5.74, 6) is -1.20. The second kappa shape index (κ2) is 7.76. The largest absolute Gasteiger partial charge is 0.326 e. The van der Waals surface area contributed by atoms with Crippen LogP contribution in [0.3, 0.4) is 0 Å². The number of benzene rings is 2. The molecule has 1 fully saturated rings. The average molecular weight is 414 g/mol. The SMILES string of the molecule is O=C(Nc1cccc(-n2cccn2)c1)[C@@H]1CCN(S(=O)(=O)c2ccc(F)cc2)C1. The van der Waals surface area contributed by atoms with Crippen LogP contribution in [0.2, 0.25) is 0 Å². The molecular formula is C20H19FN4O3S. The maximum absolute atomic E-state index is 13.1. The maximum Gasteiger partial charge on any atom is 0.243 e. The van der Waals surface area contributed by atoms with Gasteiger partial charge in [-0.1, -0.05) is 6.07 Å². The van der Waals surface area contributed by atoms with Crippen molar-refractivity contribution in [3.8, 4) is 5.69 Å². The molecule has 3 aromatic rings. The summed E-state index contributed by atoms with van der Waals surface area (Å²) in [5.41, 5.74) is 1.42. The van der Waals surface area contributed by atoms with Crippen LogP contribution in [0.25, 0.3) is 5.69 Å². The Labute approximate surface area is 167 Å². The number of carbonyl (C=O) groups is 1. The molecule has 1 aliphatic rings. The molecule has 1 atom stereocenters. The first-order valence-corrected chi connectivity index (χ1v) is 10.5. The summed E-state index contributed by atoms with van der Waals surface area (Å²) in [6.07, 6.45) is 3.89. The van der Waals surface area contributed by atoms with Crippen molar-refractivity contribution in [2.75, 3.05) is 18.4 Å². The van der Waals surface area contributed by atoms with E-state index in [4.69, 9.17) is 0 Å². The van der Waals surface area contributed by atoms with E-state index in [-0.39, 0.29) is 23.9 Å². The Morgan fingerprint density at radius 3 is 2.66 bits per heavy atom. The number of halogens is 1.